The van der Waals surface area contributed by atoms with Crippen LogP contribution in [0, 0.1) is 5.82 Å². The number of pyridine rings is 1. The summed E-state index contributed by atoms with van der Waals surface area (Å²) in [5.41, 5.74) is 2.85. The summed E-state index contributed by atoms with van der Waals surface area (Å²) >= 11 is 0. The minimum absolute atomic E-state index is 0.0736. The lowest BCUT2D eigenvalue weighted by molar-refractivity contribution is 0.340. The number of hydrogen-bond acceptors (Lipinski definition) is 3. The predicted molar refractivity (Wildman–Crippen MR) is 83.2 cm³/mol. The zero-order valence-electron chi connectivity index (χ0n) is 12.3. The third-order valence-corrected chi connectivity index (χ3v) is 3.89. The summed E-state index contributed by atoms with van der Waals surface area (Å²) in [5, 5.41) is 9.41. The predicted octanol–water partition coefficient (Wildman–Crippen LogP) is 4.33. The fourth-order valence-corrected chi connectivity index (χ4v) is 2.81. The van der Waals surface area contributed by atoms with Crippen molar-refractivity contribution in [2.45, 2.75) is 25.7 Å². The molecule has 0 bridgehead atoms. The van der Waals surface area contributed by atoms with E-state index >= 15 is 0 Å². The molecule has 1 aromatic carbocycles. The molecule has 0 aliphatic heterocycles. The van der Waals surface area contributed by atoms with Crippen LogP contribution in [-0.4, -0.2) is 16.7 Å². The molecule has 3 rings (SSSR count). The van der Waals surface area contributed by atoms with Gasteiger partial charge in [-0.15, -0.1) is 0 Å². The molecule has 0 saturated carbocycles. The van der Waals surface area contributed by atoms with E-state index in [1.165, 1.54) is 18.3 Å². The van der Waals surface area contributed by atoms with Crippen LogP contribution in [0.1, 0.15) is 31.2 Å². The molecule has 2 aromatic rings. The minimum Gasteiger partial charge on any atom is -0.506 e. The molecular weight excluding hydrogens is 281 g/mol. The van der Waals surface area contributed by atoms with Crippen molar-refractivity contribution >= 4 is 5.57 Å². The third-order valence-electron chi connectivity index (χ3n) is 3.89. The molecular formula is C18H18FNO2. The van der Waals surface area contributed by atoms with E-state index in [4.69, 9.17) is 4.74 Å². The van der Waals surface area contributed by atoms with Gasteiger partial charge in [-0.2, -0.15) is 0 Å². The Balaban J connectivity index is 1.84. The highest BCUT2D eigenvalue weighted by Gasteiger charge is 2.17. The van der Waals surface area contributed by atoms with Crippen LogP contribution < -0.4 is 4.74 Å². The summed E-state index contributed by atoms with van der Waals surface area (Å²) in [6.07, 6.45) is 6.87. The Kier molecular flexibility index (Phi) is 4.37. The molecule has 3 nitrogen and oxygen atoms in total. The maximum absolute atomic E-state index is 14.0. The second kappa shape index (κ2) is 6.60. The van der Waals surface area contributed by atoms with Crippen LogP contribution in [0.15, 0.2) is 48.3 Å². The van der Waals surface area contributed by atoms with Crippen molar-refractivity contribution in [2.24, 2.45) is 0 Å². The molecule has 0 radical (unpaired) electrons. The van der Waals surface area contributed by atoms with E-state index in [-0.39, 0.29) is 11.6 Å². The van der Waals surface area contributed by atoms with E-state index in [1.54, 1.807) is 12.3 Å². The van der Waals surface area contributed by atoms with Crippen molar-refractivity contribution in [1.82, 2.24) is 4.98 Å². The summed E-state index contributed by atoms with van der Waals surface area (Å²) in [7, 11) is 0. The Morgan fingerprint density at radius 1 is 1.14 bits per heavy atom. The average Bonchev–Trinajstić information content (AvgIpc) is 2.54. The molecule has 22 heavy (non-hydrogen) atoms. The van der Waals surface area contributed by atoms with E-state index in [2.05, 4.69) is 4.98 Å². The van der Waals surface area contributed by atoms with Gasteiger partial charge >= 0.3 is 0 Å². The van der Waals surface area contributed by atoms with E-state index < -0.39 is 0 Å². The van der Waals surface area contributed by atoms with Crippen LogP contribution in [0.5, 0.6) is 11.5 Å². The van der Waals surface area contributed by atoms with Crippen molar-refractivity contribution in [3.63, 3.8) is 0 Å². The highest BCUT2D eigenvalue weighted by Crippen LogP contribution is 2.34. The van der Waals surface area contributed by atoms with Crippen LogP contribution in [0.3, 0.4) is 0 Å². The molecule has 0 spiro atoms. The molecule has 1 heterocycles. The second-order valence-electron chi connectivity index (χ2n) is 5.44. The fraction of sp³-hybridized carbons (Fsp3) is 0.278. The van der Waals surface area contributed by atoms with E-state index in [9.17, 15) is 9.50 Å². The van der Waals surface area contributed by atoms with Crippen molar-refractivity contribution in [2.75, 3.05) is 6.61 Å². The van der Waals surface area contributed by atoms with Crippen LogP contribution in [0.2, 0.25) is 0 Å². The van der Waals surface area contributed by atoms with Crippen molar-refractivity contribution in [3.8, 4) is 11.5 Å². The second-order valence-corrected chi connectivity index (χ2v) is 5.44. The van der Waals surface area contributed by atoms with E-state index in [0.29, 0.717) is 17.9 Å². The van der Waals surface area contributed by atoms with E-state index in [0.717, 1.165) is 36.8 Å². The number of aromatic nitrogens is 1. The maximum Gasteiger partial charge on any atom is 0.141 e. The lowest BCUT2D eigenvalue weighted by atomic mass is 9.87. The van der Waals surface area contributed by atoms with Gasteiger partial charge < -0.3 is 9.84 Å². The fourth-order valence-electron chi connectivity index (χ4n) is 2.81. The van der Waals surface area contributed by atoms with Gasteiger partial charge in [0.05, 0.1) is 12.4 Å². The Morgan fingerprint density at radius 2 is 1.95 bits per heavy atom. The lowest BCUT2D eigenvalue weighted by Gasteiger charge is -2.21. The normalized spacial score (nSPS) is 15.0. The SMILES string of the molecule is Oc1cncc(OCC2=C(c3ccccc3F)CCCC2)c1. The molecule has 114 valence electrons. The molecule has 0 saturated heterocycles. The first-order valence-electron chi connectivity index (χ1n) is 7.46. The van der Waals surface area contributed by atoms with Gasteiger partial charge in [-0.1, -0.05) is 18.2 Å². The number of halogens is 1. The lowest BCUT2D eigenvalue weighted by Crippen LogP contribution is -2.09. The summed E-state index contributed by atoms with van der Waals surface area (Å²) in [5.74, 6) is 0.409. The highest BCUT2D eigenvalue weighted by atomic mass is 19.1. The number of aromatic hydroxyl groups is 1. The van der Waals surface area contributed by atoms with Gasteiger partial charge in [-0.05, 0) is 42.9 Å². The van der Waals surface area contributed by atoms with Crippen LogP contribution >= 0.6 is 0 Å². The number of rotatable bonds is 4. The van der Waals surface area contributed by atoms with Gasteiger partial charge in [0.2, 0.25) is 0 Å². The van der Waals surface area contributed by atoms with Crippen LogP contribution in [0.4, 0.5) is 4.39 Å². The summed E-state index contributed by atoms with van der Waals surface area (Å²) in [6, 6.07) is 8.41. The first-order valence-corrected chi connectivity index (χ1v) is 7.46. The summed E-state index contributed by atoms with van der Waals surface area (Å²) in [6.45, 7) is 0.398. The highest BCUT2D eigenvalue weighted by molar-refractivity contribution is 5.70. The Labute approximate surface area is 129 Å². The van der Waals surface area contributed by atoms with Crippen LogP contribution in [0.25, 0.3) is 5.57 Å². The quantitative estimate of drug-likeness (QED) is 0.913. The zero-order chi connectivity index (χ0) is 15.4. The minimum atomic E-state index is -0.184. The van der Waals surface area contributed by atoms with Gasteiger partial charge in [0, 0.05) is 11.6 Å². The van der Waals surface area contributed by atoms with Crippen LogP contribution in [-0.2, 0) is 0 Å². The topological polar surface area (TPSA) is 42.4 Å². The van der Waals surface area contributed by atoms with Gasteiger partial charge in [0.1, 0.15) is 23.9 Å². The maximum atomic E-state index is 14.0. The Hall–Kier alpha value is -2.36. The first-order chi connectivity index (χ1) is 10.7. The molecule has 0 fully saturated rings. The Morgan fingerprint density at radius 3 is 2.77 bits per heavy atom. The molecule has 4 heteroatoms. The molecule has 1 aromatic heterocycles. The molecule has 0 amide bonds. The standard InChI is InChI=1S/C18H18FNO2/c19-18-8-4-3-7-17(18)16-6-2-1-5-13(16)12-22-15-9-14(21)10-20-11-15/h3-4,7-11,21H,1-2,5-6,12H2. The van der Waals surface area contributed by atoms with Gasteiger partial charge in [0.25, 0.3) is 0 Å². The van der Waals surface area contributed by atoms with E-state index in [1.807, 2.05) is 12.1 Å². The number of benzene rings is 1. The smallest absolute Gasteiger partial charge is 0.141 e. The zero-order valence-corrected chi connectivity index (χ0v) is 12.3. The summed E-state index contributed by atoms with van der Waals surface area (Å²) < 4.78 is 19.8. The first kappa shape index (κ1) is 14.6. The number of allylic oxidation sites excluding steroid dienone is 1. The van der Waals surface area contributed by atoms with Crippen molar-refractivity contribution in [3.05, 3.63) is 59.7 Å². The molecule has 1 aliphatic carbocycles. The van der Waals surface area contributed by atoms with Crippen molar-refractivity contribution in [1.29, 1.82) is 0 Å². The molecule has 0 atom stereocenters. The summed E-state index contributed by atoms with van der Waals surface area (Å²) in [4.78, 5) is 3.89. The number of nitrogens with zero attached hydrogens (tertiary/aromatic N) is 1. The Bertz CT molecular complexity index is 697. The monoisotopic (exact) mass is 299 g/mol. The van der Waals surface area contributed by atoms with Gasteiger partial charge in [0.15, 0.2) is 0 Å². The van der Waals surface area contributed by atoms with Gasteiger partial charge in [-0.25, -0.2) is 4.39 Å². The molecule has 0 unspecified atom stereocenters. The largest absolute Gasteiger partial charge is 0.506 e. The number of ether oxygens (including phenoxy) is 1. The third kappa shape index (κ3) is 3.27. The van der Waals surface area contributed by atoms with Gasteiger partial charge in [-0.3, -0.25) is 4.98 Å². The molecule has 1 N–H and O–H groups in total. The molecule has 1 aliphatic rings. The van der Waals surface area contributed by atoms with Crippen molar-refractivity contribution < 1.29 is 14.2 Å². The number of hydrogen-bond donors (Lipinski definition) is 1. The average molecular weight is 299 g/mol.